The van der Waals surface area contributed by atoms with Gasteiger partial charge in [-0.3, -0.25) is 9.59 Å². The normalized spacial score (nSPS) is 13.2. The Bertz CT molecular complexity index is 1230. The van der Waals surface area contributed by atoms with Gasteiger partial charge < -0.3 is 26.5 Å². The average molecular weight is 521 g/mol. The van der Waals surface area contributed by atoms with Crippen LogP contribution in [0.3, 0.4) is 0 Å². The van der Waals surface area contributed by atoms with Crippen LogP contribution in [-0.4, -0.2) is 40.0 Å². The van der Waals surface area contributed by atoms with Crippen LogP contribution in [0.5, 0.6) is 0 Å². The number of amides is 2. The average Bonchev–Trinajstić information content (AvgIpc) is 2.88. The minimum absolute atomic E-state index is 0.101. The summed E-state index contributed by atoms with van der Waals surface area (Å²) in [5, 5.41) is 32.2. The summed E-state index contributed by atoms with van der Waals surface area (Å²) in [6.45, 7) is 0. The Balaban J connectivity index is 1.86. The number of nitrogens with two attached hydrogens (primary N) is 1. The van der Waals surface area contributed by atoms with Gasteiger partial charge in [0, 0.05) is 30.7 Å². The van der Waals surface area contributed by atoms with Crippen molar-refractivity contribution in [2.75, 3.05) is 5.43 Å². The number of allylic oxidation sites excluding steroid dienone is 4. The van der Waals surface area contributed by atoms with Crippen molar-refractivity contribution in [3.63, 3.8) is 0 Å². The fraction of sp³-hybridized carbons (Fsp3) is 0.111. The standard InChI is InChI=1S/C27H28N4O7/c28-24(32)18-17-23(27(36)37)29-25(33)7-3-1-5-20-11-15-22(16-12-20)31(38)30-21-13-9-19(10-14-21)6-2-4-8-26(34)35/h1-16,23,30-31H,17-18H2,(H2,28,32)(H,29,33)(H,34,35)(H,36,37). The van der Waals surface area contributed by atoms with E-state index in [0.717, 1.165) is 23.3 Å². The Hall–Kier alpha value is -5.00. The summed E-state index contributed by atoms with van der Waals surface area (Å²) in [7, 11) is 0. The fourth-order valence-corrected chi connectivity index (χ4v) is 3.00. The molecular weight excluding hydrogens is 492 g/mol. The molecule has 0 aromatic heterocycles. The Labute approximate surface area is 218 Å². The second-order valence-electron chi connectivity index (χ2n) is 7.88. The number of carboxylic acids is 2. The van der Waals surface area contributed by atoms with Crippen molar-refractivity contribution in [3.8, 4) is 0 Å². The van der Waals surface area contributed by atoms with Gasteiger partial charge in [-0.2, -0.15) is 0 Å². The molecule has 7 N–H and O–H groups in total. The minimum atomic E-state index is -1.26. The molecule has 198 valence electrons. The number of rotatable bonds is 14. The molecule has 2 rings (SSSR count). The van der Waals surface area contributed by atoms with Crippen molar-refractivity contribution in [2.24, 2.45) is 5.73 Å². The number of benzene rings is 2. The molecule has 0 aliphatic rings. The van der Waals surface area contributed by atoms with Gasteiger partial charge in [-0.1, -0.05) is 48.6 Å². The molecule has 0 spiro atoms. The quantitative estimate of drug-likeness (QED) is 0.124. The van der Waals surface area contributed by atoms with Crippen LogP contribution in [-0.2, 0) is 19.2 Å². The van der Waals surface area contributed by atoms with E-state index in [0.29, 0.717) is 11.4 Å². The minimum Gasteiger partial charge on any atom is -0.603 e. The molecule has 11 heteroatoms. The highest BCUT2D eigenvalue weighted by atomic mass is 16.5. The Morgan fingerprint density at radius 1 is 0.868 bits per heavy atom. The lowest BCUT2D eigenvalue weighted by atomic mass is 10.1. The van der Waals surface area contributed by atoms with E-state index in [1.54, 1.807) is 72.8 Å². The molecule has 2 atom stereocenters. The molecule has 0 heterocycles. The van der Waals surface area contributed by atoms with Gasteiger partial charge in [-0.25, -0.2) is 20.2 Å². The molecule has 0 aliphatic heterocycles. The second-order valence-corrected chi connectivity index (χ2v) is 7.88. The largest absolute Gasteiger partial charge is 0.603 e. The van der Waals surface area contributed by atoms with Gasteiger partial charge in [0.15, 0.2) is 5.69 Å². The van der Waals surface area contributed by atoms with Crippen LogP contribution in [0.1, 0.15) is 24.0 Å². The Morgan fingerprint density at radius 2 is 1.42 bits per heavy atom. The van der Waals surface area contributed by atoms with E-state index in [2.05, 4.69) is 10.7 Å². The van der Waals surface area contributed by atoms with Crippen molar-refractivity contribution in [1.82, 2.24) is 5.32 Å². The molecule has 11 nitrogen and oxygen atoms in total. The summed E-state index contributed by atoms with van der Waals surface area (Å²) in [4.78, 5) is 44.3. The monoisotopic (exact) mass is 520 g/mol. The van der Waals surface area contributed by atoms with Crippen LogP contribution in [0.2, 0.25) is 0 Å². The lowest BCUT2D eigenvalue weighted by Gasteiger charge is -2.22. The summed E-state index contributed by atoms with van der Waals surface area (Å²) in [6.07, 6.45) is 11.4. The summed E-state index contributed by atoms with van der Waals surface area (Å²) in [5.41, 5.74) is 10.4. The zero-order valence-corrected chi connectivity index (χ0v) is 20.2. The third-order valence-electron chi connectivity index (χ3n) is 4.92. The van der Waals surface area contributed by atoms with E-state index in [1.165, 1.54) is 12.2 Å². The van der Waals surface area contributed by atoms with E-state index < -0.39 is 29.8 Å². The first-order valence-corrected chi connectivity index (χ1v) is 11.4. The van der Waals surface area contributed by atoms with Crippen LogP contribution in [0.4, 0.5) is 11.4 Å². The van der Waals surface area contributed by atoms with E-state index in [9.17, 15) is 24.4 Å². The van der Waals surface area contributed by atoms with Crippen molar-refractivity contribution in [2.45, 2.75) is 18.9 Å². The van der Waals surface area contributed by atoms with Crippen LogP contribution < -0.4 is 21.6 Å². The molecule has 0 saturated carbocycles. The predicted molar refractivity (Wildman–Crippen MR) is 142 cm³/mol. The maximum atomic E-state index is 12.5. The molecule has 0 bridgehead atoms. The fourth-order valence-electron chi connectivity index (χ4n) is 3.00. The third kappa shape index (κ3) is 11.2. The molecule has 2 aromatic carbocycles. The molecule has 0 radical (unpaired) electrons. The first-order valence-electron chi connectivity index (χ1n) is 11.4. The van der Waals surface area contributed by atoms with Crippen LogP contribution in [0, 0.1) is 5.21 Å². The molecule has 2 aromatic rings. The lowest BCUT2D eigenvalue weighted by molar-refractivity contribution is -0.749. The van der Waals surface area contributed by atoms with E-state index in [4.69, 9.17) is 15.9 Å². The van der Waals surface area contributed by atoms with Gasteiger partial charge in [-0.15, -0.1) is 0 Å². The maximum absolute atomic E-state index is 12.5. The van der Waals surface area contributed by atoms with Crippen molar-refractivity contribution >= 4 is 47.3 Å². The number of hydrogen-bond acceptors (Lipinski definition) is 6. The maximum Gasteiger partial charge on any atom is 0.328 e. The number of primary amides is 1. The van der Waals surface area contributed by atoms with Gasteiger partial charge in [-0.05, 0) is 41.8 Å². The van der Waals surface area contributed by atoms with Gasteiger partial charge in [0.1, 0.15) is 6.04 Å². The second kappa shape index (κ2) is 15.2. The zero-order chi connectivity index (χ0) is 27.9. The van der Waals surface area contributed by atoms with Gasteiger partial charge >= 0.3 is 11.9 Å². The number of quaternary nitrogens is 1. The zero-order valence-electron chi connectivity index (χ0n) is 20.2. The SMILES string of the molecule is NC(=O)CCC(NC(=O)C=CC=Cc1ccc([NH+]([O-])Nc2ccc(C=CC=CC(=O)O)cc2)cc1)C(=O)O. The van der Waals surface area contributed by atoms with E-state index in [1.807, 2.05) is 0 Å². The molecular formula is C27H28N4O7. The van der Waals surface area contributed by atoms with Crippen molar-refractivity contribution in [3.05, 3.63) is 101 Å². The third-order valence-corrected chi connectivity index (χ3v) is 4.92. The summed E-state index contributed by atoms with van der Waals surface area (Å²) in [5.74, 6) is -3.57. The number of aliphatic carboxylic acids is 2. The molecule has 38 heavy (non-hydrogen) atoms. The highest BCUT2D eigenvalue weighted by Crippen LogP contribution is 2.11. The van der Waals surface area contributed by atoms with Crippen LogP contribution in [0.25, 0.3) is 12.2 Å². The summed E-state index contributed by atoms with van der Waals surface area (Å²) in [6, 6.07) is 12.6. The van der Waals surface area contributed by atoms with Crippen molar-refractivity contribution in [1.29, 1.82) is 0 Å². The number of carbonyl (C=O) groups is 4. The van der Waals surface area contributed by atoms with Gasteiger partial charge in [0.2, 0.25) is 11.8 Å². The molecule has 2 unspecified atom stereocenters. The topological polar surface area (TPSA) is 186 Å². The van der Waals surface area contributed by atoms with Gasteiger partial charge in [0.25, 0.3) is 0 Å². The Kier molecular flexibility index (Phi) is 11.7. The van der Waals surface area contributed by atoms with E-state index >= 15 is 0 Å². The molecule has 2 amide bonds. The lowest BCUT2D eigenvalue weighted by Crippen LogP contribution is -3.05. The molecule has 0 saturated heterocycles. The van der Waals surface area contributed by atoms with Gasteiger partial charge in [0.05, 0.1) is 5.69 Å². The number of nitrogens with one attached hydrogen (secondary N) is 3. The highest BCUT2D eigenvalue weighted by molar-refractivity contribution is 5.91. The van der Waals surface area contributed by atoms with Crippen LogP contribution in [0.15, 0.2) is 85.0 Å². The number of anilines is 1. The first-order chi connectivity index (χ1) is 18.1. The van der Waals surface area contributed by atoms with E-state index in [-0.39, 0.29) is 18.0 Å². The molecule has 0 fully saturated rings. The first kappa shape index (κ1) is 29.2. The molecule has 0 aliphatic carbocycles. The predicted octanol–water partition coefficient (Wildman–Crippen LogP) is 1.79. The number of carboxylic acid groups (broad SMARTS) is 2. The summed E-state index contributed by atoms with van der Waals surface area (Å²) < 4.78 is 0. The number of carbonyl (C=O) groups excluding carboxylic acids is 2. The summed E-state index contributed by atoms with van der Waals surface area (Å²) >= 11 is 0. The van der Waals surface area contributed by atoms with Crippen LogP contribution >= 0.6 is 0 Å². The number of hydrogen-bond donors (Lipinski definition) is 6. The Morgan fingerprint density at radius 3 is 1.95 bits per heavy atom. The van der Waals surface area contributed by atoms with Crippen molar-refractivity contribution < 1.29 is 34.6 Å². The smallest absolute Gasteiger partial charge is 0.328 e. The highest BCUT2D eigenvalue weighted by Gasteiger charge is 2.19.